The Kier molecular flexibility index (Phi) is 5.80. The number of amides is 3. The number of imide groups is 1. The highest BCUT2D eigenvalue weighted by molar-refractivity contribution is 7.18. The monoisotopic (exact) mass is 463 g/mol. The number of thiophene rings is 1. The molecule has 170 valence electrons. The Morgan fingerprint density at radius 1 is 1.03 bits per heavy atom. The van der Waals surface area contributed by atoms with Gasteiger partial charge in [-0.2, -0.15) is 0 Å². The average Bonchev–Trinajstić information content (AvgIpc) is 3.39. The fraction of sp³-hybridized carbons (Fsp3) is 0.375. The van der Waals surface area contributed by atoms with Gasteiger partial charge in [0.15, 0.2) is 0 Å². The van der Waals surface area contributed by atoms with Crippen molar-refractivity contribution in [3.63, 3.8) is 0 Å². The van der Waals surface area contributed by atoms with Crippen LogP contribution < -0.4 is 4.90 Å². The number of nitrogens with zero attached hydrogens (tertiary/aromatic N) is 5. The predicted molar refractivity (Wildman–Crippen MR) is 127 cm³/mol. The van der Waals surface area contributed by atoms with E-state index in [0.717, 1.165) is 22.5 Å². The summed E-state index contributed by atoms with van der Waals surface area (Å²) in [7, 11) is 0. The standard InChI is InChI=1S/C24H25N5O3S/c1-2-16-14-19-21(25-15-26-22(19)33-16)28-12-10-27(11-13-28)20(30)8-5-9-29-23(31)17-6-3-4-7-18(17)24(29)32/h3-4,6-7,14-15H,2,5,8-13H2,1H3. The lowest BCUT2D eigenvalue weighted by Gasteiger charge is -2.35. The van der Waals surface area contributed by atoms with E-state index in [-0.39, 0.29) is 24.3 Å². The highest BCUT2D eigenvalue weighted by Crippen LogP contribution is 2.31. The van der Waals surface area contributed by atoms with Crippen LogP contribution >= 0.6 is 11.3 Å². The Hall–Kier alpha value is -3.33. The summed E-state index contributed by atoms with van der Waals surface area (Å²) in [5, 5.41) is 1.08. The Balaban J connectivity index is 1.14. The number of carbonyl (C=O) groups excluding carboxylic acids is 3. The zero-order chi connectivity index (χ0) is 22.9. The molecule has 0 unspecified atom stereocenters. The molecule has 2 aliphatic heterocycles. The Bertz CT molecular complexity index is 1200. The molecule has 3 aromatic rings. The third-order valence-electron chi connectivity index (χ3n) is 6.29. The fourth-order valence-electron chi connectivity index (χ4n) is 4.48. The molecule has 4 heterocycles. The Morgan fingerprint density at radius 3 is 2.39 bits per heavy atom. The molecule has 0 bridgehead atoms. The number of carbonyl (C=O) groups is 3. The van der Waals surface area contributed by atoms with E-state index in [1.807, 2.05) is 4.90 Å². The molecule has 0 aliphatic carbocycles. The summed E-state index contributed by atoms with van der Waals surface area (Å²) in [6, 6.07) is 9.02. The molecule has 3 amide bonds. The number of aryl methyl sites for hydroxylation is 1. The van der Waals surface area contributed by atoms with Crippen molar-refractivity contribution in [2.45, 2.75) is 26.2 Å². The van der Waals surface area contributed by atoms with E-state index in [9.17, 15) is 14.4 Å². The van der Waals surface area contributed by atoms with Crippen LogP contribution in [0.1, 0.15) is 45.4 Å². The van der Waals surface area contributed by atoms with Gasteiger partial charge in [0, 0.05) is 44.0 Å². The molecule has 1 fully saturated rings. The number of benzene rings is 1. The summed E-state index contributed by atoms with van der Waals surface area (Å²) in [6.45, 7) is 5.08. The van der Waals surface area contributed by atoms with Crippen molar-refractivity contribution >= 4 is 45.1 Å². The first kappa shape index (κ1) is 21.5. The van der Waals surface area contributed by atoms with Gasteiger partial charge in [0.25, 0.3) is 11.8 Å². The molecule has 0 radical (unpaired) electrons. The molecular weight excluding hydrogens is 438 g/mol. The summed E-state index contributed by atoms with van der Waals surface area (Å²) >= 11 is 1.70. The maximum Gasteiger partial charge on any atom is 0.261 e. The van der Waals surface area contributed by atoms with Crippen LogP contribution in [0.4, 0.5) is 5.82 Å². The van der Waals surface area contributed by atoms with E-state index in [0.29, 0.717) is 50.1 Å². The quantitative estimate of drug-likeness (QED) is 0.523. The lowest BCUT2D eigenvalue weighted by Crippen LogP contribution is -2.49. The molecule has 0 atom stereocenters. The third-order valence-corrected chi connectivity index (χ3v) is 7.48. The van der Waals surface area contributed by atoms with Crippen molar-refractivity contribution < 1.29 is 14.4 Å². The van der Waals surface area contributed by atoms with E-state index >= 15 is 0 Å². The van der Waals surface area contributed by atoms with Gasteiger partial charge in [0.1, 0.15) is 17.0 Å². The number of anilines is 1. The second-order valence-electron chi connectivity index (χ2n) is 8.26. The van der Waals surface area contributed by atoms with Gasteiger partial charge in [-0.05, 0) is 31.0 Å². The van der Waals surface area contributed by atoms with Gasteiger partial charge in [-0.3, -0.25) is 19.3 Å². The smallest absolute Gasteiger partial charge is 0.261 e. The predicted octanol–water partition coefficient (Wildman–Crippen LogP) is 2.98. The van der Waals surface area contributed by atoms with Gasteiger partial charge in [-0.1, -0.05) is 19.1 Å². The van der Waals surface area contributed by atoms with E-state index in [1.165, 1.54) is 9.78 Å². The van der Waals surface area contributed by atoms with E-state index in [1.54, 1.807) is 41.9 Å². The molecule has 9 heteroatoms. The van der Waals surface area contributed by atoms with Crippen LogP contribution in [0.5, 0.6) is 0 Å². The van der Waals surface area contributed by atoms with Gasteiger partial charge in [-0.25, -0.2) is 9.97 Å². The van der Waals surface area contributed by atoms with Crippen LogP contribution in [-0.4, -0.2) is 70.2 Å². The summed E-state index contributed by atoms with van der Waals surface area (Å²) in [4.78, 5) is 54.2. The first-order valence-electron chi connectivity index (χ1n) is 11.3. The molecule has 33 heavy (non-hydrogen) atoms. The minimum atomic E-state index is -0.271. The maximum absolute atomic E-state index is 12.7. The van der Waals surface area contributed by atoms with Crippen molar-refractivity contribution in [3.8, 4) is 0 Å². The van der Waals surface area contributed by atoms with Gasteiger partial charge in [0.2, 0.25) is 5.91 Å². The first-order chi connectivity index (χ1) is 16.1. The molecule has 0 saturated carbocycles. The van der Waals surface area contributed by atoms with Gasteiger partial charge in [0.05, 0.1) is 16.5 Å². The van der Waals surface area contributed by atoms with E-state index < -0.39 is 0 Å². The molecule has 1 aromatic carbocycles. The number of aromatic nitrogens is 2. The molecule has 0 N–H and O–H groups in total. The third kappa shape index (κ3) is 3.97. The number of rotatable bonds is 6. The lowest BCUT2D eigenvalue weighted by atomic mass is 10.1. The minimum absolute atomic E-state index is 0.0582. The Morgan fingerprint density at radius 2 is 1.73 bits per heavy atom. The normalized spacial score (nSPS) is 16.1. The molecule has 2 aromatic heterocycles. The van der Waals surface area contributed by atoms with E-state index in [2.05, 4.69) is 27.9 Å². The number of fused-ring (bicyclic) bond motifs is 2. The summed E-state index contributed by atoms with van der Waals surface area (Å²) < 4.78 is 0. The maximum atomic E-state index is 12.7. The second kappa shape index (κ2) is 8.90. The SMILES string of the molecule is CCc1cc2c(N3CCN(C(=O)CCCN4C(=O)c5ccccc5C4=O)CC3)ncnc2s1. The van der Waals surface area contributed by atoms with Crippen molar-refractivity contribution in [1.82, 2.24) is 19.8 Å². The molecule has 2 aliphatic rings. The zero-order valence-corrected chi connectivity index (χ0v) is 19.3. The largest absolute Gasteiger partial charge is 0.352 e. The van der Waals surface area contributed by atoms with Gasteiger partial charge in [-0.15, -0.1) is 11.3 Å². The summed E-state index contributed by atoms with van der Waals surface area (Å²) in [5.41, 5.74) is 0.890. The first-order valence-corrected chi connectivity index (χ1v) is 12.1. The van der Waals surface area contributed by atoms with Crippen LogP contribution in [0.15, 0.2) is 36.7 Å². The zero-order valence-electron chi connectivity index (χ0n) is 18.5. The summed E-state index contributed by atoms with van der Waals surface area (Å²) in [5.74, 6) is 0.455. The van der Waals surface area contributed by atoms with Crippen LogP contribution in [-0.2, 0) is 11.2 Å². The molecule has 1 saturated heterocycles. The second-order valence-corrected chi connectivity index (χ2v) is 9.38. The van der Waals surface area contributed by atoms with Crippen LogP contribution in [0.2, 0.25) is 0 Å². The van der Waals surface area contributed by atoms with Crippen molar-refractivity contribution in [2.75, 3.05) is 37.6 Å². The van der Waals surface area contributed by atoms with Crippen LogP contribution in [0.3, 0.4) is 0 Å². The van der Waals surface area contributed by atoms with Gasteiger partial charge >= 0.3 is 0 Å². The van der Waals surface area contributed by atoms with Crippen molar-refractivity contribution in [2.24, 2.45) is 0 Å². The lowest BCUT2D eigenvalue weighted by molar-refractivity contribution is -0.131. The highest BCUT2D eigenvalue weighted by atomic mass is 32.1. The number of hydrogen-bond acceptors (Lipinski definition) is 7. The average molecular weight is 464 g/mol. The highest BCUT2D eigenvalue weighted by Gasteiger charge is 2.34. The molecule has 0 spiro atoms. The van der Waals surface area contributed by atoms with Gasteiger partial charge < -0.3 is 9.80 Å². The number of hydrogen-bond donors (Lipinski definition) is 0. The minimum Gasteiger partial charge on any atom is -0.352 e. The molecular formula is C24H25N5O3S. The molecule has 8 nitrogen and oxygen atoms in total. The van der Waals surface area contributed by atoms with Crippen molar-refractivity contribution in [3.05, 3.63) is 52.7 Å². The van der Waals surface area contributed by atoms with E-state index in [4.69, 9.17) is 0 Å². The van der Waals surface area contributed by atoms with Crippen LogP contribution in [0, 0.1) is 0 Å². The fourth-order valence-corrected chi connectivity index (χ4v) is 5.41. The summed E-state index contributed by atoms with van der Waals surface area (Å²) in [6.07, 6.45) is 3.37. The van der Waals surface area contributed by atoms with Crippen LogP contribution in [0.25, 0.3) is 10.2 Å². The number of piperazine rings is 1. The topological polar surface area (TPSA) is 86.7 Å². The van der Waals surface area contributed by atoms with Crippen molar-refractivity contribution in [1.29, 1.82) is 0 Å². The Labute approximate surface area is 195 Å². The molecule has 5 rings (SSSR count).